The van der Waals surface area contributed by atoms with Crippen LogP contribution in [-0.4, -0.2) is 34.2 Å². The van der Waals surface area contributed by atoms with Crippen LogP contribution in [0.1, 0.15) is 18.5 Å². The van der Waals surface area contributed by atoms with Crippen molar-refractivity contribution in [2.75, 3.05) is 29.5 Å². The van der Waals surface area contributed by atoms with Crippen molar-refractivity contribution >= 4 is 34.7 Å². The standard InChI is InChI=1S/C13H17ClN4S/c1-9(15)10-8-11(14)12-2-3-16-18(12)13(10)17-4-6-19-7-5-17/h2-3,8-9H,4-7,15H2,1H3/t9-/m0/s1. The van der Waals surface area contributed by atoms with Gasteiger partial charge in [-0.15, -0.1) is 0 Å². The SMILES string of the molecule is C[C@H](N)c1cc(Cl)c2ccnn2c1N1CCSCC1. The van der Waals surface area contributed by atoms with Gasteiger partial charge in [0.1, 0.15) is 5.82 Å². The molecule has 0 aromatic carbocycles. The van der Waals surface area contributed by atoms with E-state index in [9.17, 15) is 0 Å². The molecule has 1 fully saturated rings. The van der Waals surface area contributed by atoms with Crippen molar-refractivity contribution in [1.82, 2.24) is 9.61 Å². The maximum atomic E-state index is 6.32. The van der Waals surface area contributed by atoms with Gasteiger partial charge in [0.25, 0.3) is 0 Å². The second-order valence-electron chi connectivity index (χ2n) is 4.79. The van der Waals surface area contributed by atoms with Crippen LogP contribution < -0.4 is 10.6 Å². The highest BCUT2D eigenvalue weighted by molar-refractivity contribution is 7.99. The summed E-state index contributed by atoms with van der Waals surface area (Å²) in [5.41, 5.74) is 8.13. The molecule has 1 aliphatic heterocycles. The first-order valence-corrected chi connectivity index (χ1v) is 7.96. The molecule has 3 rings (SSSR count). The summed E-state index contributed by atoms with van der Waals surface area (Å²) in [7, 11) is 0. The smallest absolute Gasteiger partial charge is 0.135 e. The lowest BCUT2D eigenvalue weighted by atomic mass is 10.1. The van der Waals surface area contributed by atoms with Crippen LogP contribution in [0.5, 0.6) is 0 Å². The number of nitrogens with zero attached hydrogens (tertiary/aromatic N) is 3. The van der Waals surface area contributed by atoms with E-state index in [4.69, 9.17) is 17.3 Å². The van der Waals surface area contributed by atoms with Crippen molar-refractivity contribution in [2.45, 2.75) is 13.0 Å². The van der Waals surface area contributed by atoms with Crippen LogP contribution in [0.2, 0.25) is 5.02 Å². The predicted octanol–water partition coefficient (Wildman–Crippen LogP) is 2.56. The third kappa shape index (κ3) is 2.30. The van der Waals surface area contributed by atoms with Crippen molar-refractivity contribution in [3.63, 3.8) is 0 Å². The maximum absolute atomic E-state index is 6.32. The number of anilines is 1. The molecule has 6 heteroatoms. The van der Waals surface area contributed by atoms with Crippen LogP contribution in [0.25, 0.3) is 5.52 Å². The van der Waals surface area contributed by atoms with Crippen molar-refractivity contribution in [1.29, 1.82) is 0 Å². The summed E-state index contributed by atoms with van der Waals surface area (Å²) in [5.74, 6) is 3.38. The Hall–Kier alpha value is -0.910. The van der Waals surface area contributed by atoms with E-state index in [-0.39, 0.29) is 6.04 Å². The number of pyridine rings is 1. The topological polar surface area (TPSA) is 46.6 Å². The summed E-state index contributed by atoms with van der Waals surface area (Å²) < 4.78 is 1.93. The van der Waals surface area contributed by atoms with Crippen LogP contribution >= 0.6 is 23.4 Å². The van der Waals surface area contributed by atoms with Crippen LogP contribution in [0.4, 0.5) is 5.82 Å². The molecule has 0 unspecified atom stereocenters. The Balaban J connectivity index is 2.20. The summed E-state index contributed by atoms with van der Waals surface area (Å²) in [6.45, 7) is 4.05. The summed E-state index contributed by atoms with van der Waals surface area (Å²) in [4.78, 5) is 2.37. The van der Waals surface area contributed by atoms with Crippen molar-refractivity contribution in [3.05, 3.63) is 28.9 Å². The molecule has 4 nitrogen and oxygen atoms in total. The number of hydrogen-bond donors (Lipinski definition) is 1. The van der Waals surface area contributed by atoms with Gasteiger partial charge in [-0.25, -0.2) is 4.52 Å². The van der Waals surface area contributed by atoms with E-state index >= 15 is 0 Å². The molecule has 102 valence electrons. The number of hydrogen-bond acceptors (Lipinski definition) is 4. The van der Waals surface area contributed by atoms with Gasteiger partial charge >= 0.3 is 0 Å². The molecule has 0 saturated carbocycles. The van der Waals surface area contributed by atoms with Crippen LogP contribution in [0.15, 0.2) is 18.3 Å². The number of aromatic nitrogens is 2. The number of thioether (sulfide) groups is 1. The fourth-order valence-corrected chi connectivity index (χ4v) is 3.64. The average Bonchev–Trinajstić information content (AvgIpc) is 2.89. The molecule has 0 spiro atoms. The molecule has 0 bridgehead atoms. The van der Waals surface area contributed by atoms with Gasteiger partial charge in [0.15, 0.2) is 0 Å². The minimum atomic E-state index is -0.0596. The average molecular weight is 297 g/mol. The second kappa shape index (κ2) is 5.23. The molecule has 0 radical (unpaired) electrons. The Kier molecular flexibility index (Phi) is 3.60. The summed E-state index contributed by atoms with van der Waals surface area (Å²) in [6.07, 6.45) is 1.79. The zero-order chi connectivity index (χ0) is 13.4. The summed E-state index contributed by atoms with van der Waals surface area (Å²) in [6, 6.07) is 3.87. The lowest BCUT2D eigenvalue weighted by molar-refractivity contribution is 0.748. The first-order valence-electron chi connectivity index (χ1n) is 6.43. The van der Waals surface area contributed by atoms with Gasteiger partial charge in [-0.1, -0.05) is 11.6 Å². The van der Waals surface area contributed by atoms with Crippen LogP contribution in [0, 0.1) is 0 Å². The molecule has 2 N–H and O–H groups in total. The van der Waals surface area contributed by atoms with Gasteiger partial charge in [-0.05, 0) is 19.1 Å². The first kappa shape index (κ1) is 13.1. The van der Waals surface area contributed by atoms with Crippen LogP contribution in [-0.2, 0) is 0 Å². The molecule has 2 aromatic rings. The van der Waals surface area contributed by atoms with Gasteiger partial charge in [-0.3, -0.25) is 0 Å². The monoisotopic (exact) mass is 296 g/mol. The Morgan fingerprint density at radius 2 is 2.16 bits per heavy atom. The maximum Gasteiger partial charge on any atom is 0.135 e. The Morgan fingerprint density at radius 1 is 1.42 bits per heavy atom. The Morgan fingerprint density at radius 3 is 2.84 bits per heavy atom. The van der Waals surface area contributed by atoms with Gasteiger partial charge in [0, 0.05) is 36.2 Å². The zero-order valence-corrected chi connectivity index (χ0v) is 12.4. The molecule has 1 saturated heterocycles. The fourth-order valence-electron chi connectivity index (χ4n) is 2.48. The minimum absolute atomic E-state index is 0.0596. The van der Waals surface area contributed by atoms with E-state index in [1.165, 1.54) is 0 Å². The minimum Gasteiger partial charge on any atom is -0.355 e. The predicted molar refractivity (Wildman–Crippen MR) is 82.3 cm³/mol. The third-order valence-electron chi connectivity index (χ3n) is 3.43. The Labute approximate surface area is 121 Å². The van der Waals surface area contributed by atoms with E-state index in [2.05, 4.69) is 10.00 Å². The number of halogens is 1. The number of rotatable bonds is 2. The van der Waals surface area contributed by atoms with Crippen LogP contribution in [0.3, 0.4) is 0 Å². The molecule has 19 heavy (non-hydrogen) atoms. The fraction of sp³-hybridized carbons (Fsp3) is 0.462. The highest BCUT2D eigenvalue weighted by atomic mass is 35.5. The molecule has 1 aliphatic rings. The van der Waals surface area contributed by atoms with E-state index in [0.29, 0.717) is 5.02 Å². The van der Waals surface area contributed by atoms with E-state index in [1.54, 1.807) is 6.20 Å². The largest absolute Gasteiger partial charge is 0.355 e. The van der Waals surface area contributed by atoms with Crippen molar-refractivity contribution in [2.24, 2.45) is 5.73 Å². The second-order valence-corrected chi connectivity index (χ2v) is 6.42. The highest BCUT2D eigenvalue weighted by Crippen LogP contribution is 2.32. The molecule has 1 atom stereocenters. The first-order chi connectivity index (χ1) is 9.18. The van der Waals surface area contributed by atoms with E-state index in [0.717, 1.165) is 41.5 Å². The zero-order valence-electron chi connectivity index (χ0n) is 10.8. The molecule has 2 aromatic heterocycles. The highest BCUT2D eigenvalue weighted by Gasteiger charge is 2.21. The van der Waals surface area contributed by atoms with Gasteiger partial charge in [0.2, 0.25) is 0 Å². The van der Waals surface area contributed by atoms with Crippen molar-refractivity contribution in [3.8, 4) is 0 Å². The molecule has 0 aliphatic carbocycles. The Bertz CT molecular complexity index is 590. The normalized spacial score (nSPS) is 17.9. The number of fused-ring (bicyclic) bond motifs is 1. The number of nitrogens with two attached hydrogens (primary N) is 1. The van der Waals surface area contributed by atoms with E-state index < -0.39 is 0 Å². The summed E-state index contributed by atoms with van der Waals surface area (Å²) in [5, 5.41) is 5.13. The lowest BCUT2D eigenvalue weighted by Gasteiger charge is -2.31. The quantitative estimate of drug-likeness (QED) is 0.925. The molecule has 0 amide bonds. The third-order valence-corrected chi connectivity index (χ3v) is 4.67. The van der Waals surface area contributed by atoms with Gasteiger partial charge < -0.3 is 10.6 Å². The van der Waals surface area contributed by atoms with Crippen molar-refractivity contribution < 1.29 is 0 Å². The van der Waals surface area contributed by atoms with Gasteiger partial charge in [-0.2, -0.15) is 16.9 Å². The lowest BCUT2D eigenvalue weighted by Crippen LogP contribution is -2.35. The summed E-state index contributed by atoms with van der Waals surface area (Å²) >= 11 is 8.31. The molecular weight excluding hydrogens is 280 g/mol. The molecule has 3 heterocycles. The van der Waals surface area contributed by atoms with E-state index in [1.807, 2.05) is 35.3 Å². The van der Waals surface area contributed by atoms with Gasteiger partial charge in [0.05, 0.1) is 16.7 Å². The molecular formula is C13H17ClN4S.